The van der Waals surface area contributed by atoms with Gasteiger partial charge in [0.2, 0.25) is 0 Å². The molecule has 0 aliphatic heterocycles. The van der Waals surface area contributed by atoms with Crippen LogP contribution in [0, 0.1) is 5.82 Å². The lowest BCUT2D eigenvalue weighted by molar-refractivity contribution is 0.416. The lowest BCUT2D eigenvalue weighted by Crippen LogP contribution is -2.24. The summed E-state index contributed by atoms with van der Waals surface area (Å²) in [5.41, 5.74) is 0.299. The first-order valence-corrected chi connectivity index (χ1v) is 6.35. The fraction of sp³-hybridized carbons (Fsp3) is 0.333. The molecule has 1 aromatic heterocycles. The summed E-state index contributed by atoms with van der Waals surface area (Å²) < 4.78 is 19.4. The van der Waals surface area contributed by atoms with Crippen molar-refractivity contribution in [1.82, 2.24) is 15.5 Å². The quantitative estimate of drug-likeness (QED) is 0.943. The number of rotatable bonds is 4. The van der Waals surface area contributed by atoms with Crippen molar-refractivity contribution in [2.24, 2.45) is 0 Å². The summed E-state index contributed by atoms with van der Waals surface area (Å²) in [7, 11) is 1.86. The van der Waals surface area contributed by atoms with E-state index in [2.05, 4.69) is 31.4 Å². The third-order valence-corrected chi connectivity index (χ3v) is 3.29. The molecule has 0 aliphatic rings. The van der Waals surface area contributed by atoms with E-state index in [9.17, 15) is 4.39 Å². The van der Waals surface area contributed by atoms with Crippen molar-refractivity contribution in [3.05, 3.63) is 34.3 Å². The van der Waals surface area contributed by atoms with E-state index in [1.54, 1.807) is 12.1 Å². The Morgan fingerprint density at radius 2 is 2.28 bits per heavy atom. The molecular weight excluding hydrogens is 301 g/mol. The Morgan fingerprint density at radius 1 is 1.50 bits per heavy atom. The van der Waals surface area contributed by atoms with Crippen LogP contribution in [0.2, 0.25) is 0 Å². The average Bonchev–Trinajstić information content (AvgIpc) is 2.77. The average molecular weight is 314 g/mol. The summed E-state index contributed by atoms with van der Waals surface area (Å²) in [5.74, 6) is 0.363. The van der Waals surface area contributed by atoms with Crippen LogP contribution in [0.5, 0.6) is 0 Å². The van der Waals surface area contributed by atoms with E-state index in [4.69, 9.17) is 4.52 Å². The first-order valence-electron chi connectivity index (χ1n) is 5.56. The topological polar surface area (TPSA) is 51.0 Å². The van der Waals surface area contributed by atoms with Crippen LogP contribution in [0.25, 0.3) is 11.5 Å². The standard InChI is InChI=1S/C12H13BrFN3O/c1-7(15-2)6-10-16-12(18-17-10)11-8(13)4-3-5-9(11)14/h3-5,7,15H,6H2,1-2H3. The molecule has 96 valence electrons. The molecule has 1 aromatic carbocycles. The first kappa shape index (κ1) is 13.2. The summed E-state index contributed by atoms with van der Waals surface area (Å²) in [6, 6.07) is 4.95. The maximum atomic E-state index is 13.7. The van der Waals surface area contributed by atoms with Gasteiger partial charge in [-0.15, -0.1) is 0 Å². The maximum absolute atomic E-state index is 13.7. The van der Waals surface area contributed by atoms with E-state index in [0.29, 0.717) is 22.3 Å². The van der Waals surface area contributed by atoms with Crippen LogP contribution >= 0.6 is 15.9 Å². The van der Waals surface area contributed by atoms with Gasteiger partial charge in [0.05, 0.1) is 5.56 Å². The Balaban J connectivity index is 2.30. The van der Waals surface area contributed by atoms with Crippen LogP contribution < -0.4 is 5.32 Å². The second kappa shape index (κ2) is 5.58. The van der Waals surface area contributed by atoms with Gasteiger partial charge in [-0.2, -0.15) is 4.98 Å². The molecule has 0 spiro atoms. The zero-order valence-electron chi connectivity index (χ0n) is 10.1. The molecule has 18 heavy (non-hydrogen) atoms. The summed E-state index contributed by atoms with van der Waals surface area (Å²) in [6.07, 6.45) is 0.631. The Morgan fingerprint density at radius 3 is 2.94 bits per heavy atom. The van der Waals surface area contributed by atoms with Crippen LogP contribution in [-0.2, 0) is 6.42 Å². The number of hydrogen-bond acceptors (Lipinski definition) is 4. The van der Waals surface area contributed by atoms with Crippen molar-refractivity contribution in [2.45, 2.75) is 19.4 Å². The lowest BCUT2D eigenvalue weighted by atomic mass is 10.2. The minimum atomic E-state index is -0.388. The van der Waals surface area contributed by atoms with Gasteiger partial charge in [-0.05, 0) is 42.0 Å². The van der Waals surface area contributed by atoms with E-state index >= 15 is 0 Å². The molecule has 0 radical (unpaired) electrons. The van der Waals surface area contributed by atoms with Crippen LogP contribution in [0.3, 0.4) is 0 Å². The number of nitrogens with zero attached hydrogens (tertiary/aromatic N) is 2. The predicted molar refractivity (Wildman–Crippen MR) is 69.6 cm³/mol. The van der Waals surface area contributed by atoms with Gasteiger partial charge in [-0.3, -0.25) is 0 Å². The molecule has 1 heterocycles. The Kier molecular flexibility index (Phi) is 4.08. The van der Waals surface area contributed by atoms with Crippen molar-refractivity contribution in [1.29, 1.82) is 0 Å². The van der Waals surface area contributed by atoms with E-state index in [1.807, 2.05) is 14.0 Å². The molecule has 1 atom stereocenters. The van der Waals surface area contributed by atoms with E-state index in [0.717, 1.165) is 0 Å². The number of hydrogen-bond donors (Lipinski definition) is 1. The smallest absolute Gasteiger partial charge is 0.262 e. The predicted octanol–water partition coefficient (Wildman–Crippen LogP) is 2.79. The normalized spacial score (nSPS) is 12.7. The van der Waals surface area contributed by atoms with Gasteiger partial charge in [0.15, 0.2) is 5.82 Å². The van der Waals surface area contributed by atoms with Crippen molar-refractivity contribution >= 4 is 15.9 Å². The van der Waals surface area contributed by atoms with Crippen LogP contribution in [0.1, 0.15) is 12.7 Å². The van der Waals surface area contributed by atoms with E-state index in [-0.39, 0.29) is 17.7 Å². The van der Waals surface area contributed by atoms with E-state index in [1.165, 1.54) is 6.07 Å². The zero-order valence-corrected chi connectivity index (χ0v) is 11.7. The molecule has 4 nitrogen and oxygen atoms in total. The Hall–Kier alpha value is -1.27. The third-order valence-electron chi connectivity index (χ3n) is 2.63. The highest BCUT2D eigenvalue weighted by Gasteiger charge is 2.17. The largest absolute Gasteiger partial charge is 0.334 e. The molecule has 2 rings (SSSR count). The Labute approximate surface area is 113 Å². The molecule has 0 amide bonds. The molecule has 2 aromatic rings. The van der Waals surface area contributed by atoms with Gasteiger partial charge in [-0.1, -0.05) is 11.2 Å². The third kappa shape index (κ3) is 2.76. The van der Waals surface area contributed by atoms with E-state index < -0.39 is 0 Å². The second-order valence-corrected chi connectivity index (χ2v) is 4.86. The van der Waals surface area contributed by atoms with Gasteiger partial charge in [0, 0.05) is 16.9 Å². The van der Waals surface area contributed by atoms with Gasteiger partial charge in [-0.25, -0.2) is 4.39 Å². The van der Waals surface area contributed by atoms with Crippen molar-refractivity contribution < 1.29 is 8.91 Å². The molecule has 6 heteroatoms. The number of halogens is 2. The summed E-state index contributed by atoms with van der Waals surface area (Å²) in [5, 5.41) is 6.93. The Bertz CT molecular complexity index is 524. The molecule has 0 bridgehead atoms. The van der Waals surface area contributed by atoms with Crippen molar-refractivity contribution in [2.75, 3.05) is 7.05 Å². The first-order chi connectivity index (χ1) is 8.61. The summed E-state index contributed by atoms with van der Waals surface area (Å²) in [6.45, 7) is 2.01. The molecule has 1 N–H and O–H groups in total. The maximum Gasteiger partial charge on any atom is 0.262 e. The van der Waals surface area contributed by atoms with Gasteiger partial charge in [0.25, 0.3) is 5.89 Å². The van der Waals surface area contributed by atoms with Crippen LogP contribution in [0.15, 0.2) is 27.2 Å². The van der Waals surface area contributed by atoms with Crippen molar-refractivity contribution in [3.63, 3.8) is 0 Å². The molecular formula is C12H13BrFN3O. The SMILES string of the molecule is CNC(C)Cc1noc(-c2c(F)cccc2Br)n1. The van der Waals surface area contributed by atoms with Crippen LogP contribution in [0.4, 0.5) is 4.39 Å². The number of likely N-dealkylation sites (N-methyl/N-ethyl adjacent to an activating group) is 1. The fourth-order valence-electron chi connectivity index (χ4n) is 1.52. The van der Waals surface area contributed by atoms with Crippen molar-refractivity contribution in [3.8, 4) is 11.5 Å². The number of benzene rings is 1. The minimum absolute atomic E-state index is 0.193. The zero-order chi connectivity index (χ0) is 13.1. The number of aromatic nitrogens is 2. The second-order valence-electron chi connectivity index (χ2n) is 4.01. The van der Waals surface area contributed by atoms with Gasteiger partial charge >= 0.3 is 0 Å². The highest BCUT2D eigenvalue weighted by Crippen LogP contribution is 2.29. The van der Waals surface area contributed by atoms with Crippen LogP contribution in [-0.4, -0.2) is 23.2 Å². The monoisotopic (exact) mass is 313 g/mol. The summed E-state index contributed by atoms with van der Waals surface area (Å²) in [4.78, 5) is 4.20. The lowest BCUT2D eigenvalue weighted by Gasteiger charge is -2.04. The molecule has 1 unspecified atom stereocenters. The molecule has 0 saturated carbocycles. The molecule has 0 fully saturated rings. The highest BCUT2D eigenvalue weighted by atomic mass is 79.9. The van der Waals surface area contributed by atoms with Gasteiger partial charge < -0.3 is 9.84 Å². The fourth-order valence-corrected chi connectivity index (χ4v) is 2.03. The number of nitrogens with one attached hydrogen (secondary N) is 1. The minimum Gasteiger partial charge on any atom is -0.334 e. The van der Waals surface area contributed by atoms with Gasteiger partial charge in [0.1, 0.15) is 5.82 Å². The molecule has 0 saturated heterocycles. The molecule has 0 aliphatic carbocycles. The summed E-state index contributed by atoms with van der Waals surface area (Å²) >= 11 is 3.28. The highest BCUT2D eigenvalue weighted by molar-refractivity contribution is 9.10.